The number of hydrazine groups is 1. The van der Waals surface area contributed by atoms with E-state index in [0.717, 1.165) is 48.0 Å². The topological polar surface area (TPSA) is 49.4 Å². The molecule has 2 fully saturated rings. The summed E-state index contributed by atoms with van der Waals surface area (Å²) in [6.07, 6.45) is 3.75. The van der Waals surface area contributed by atoms with Gasteiger partial charge in [-0.15, -0.1) is 0 Å². The summed E-state index contributed by atoms with van der Waals surface area (Å²) in [5.41, 5.74) is 7.85. The van der Waals surface area contributed by atoms with E-state index < -0.39 is 0 Å². The number of pyridine rings is 1. The number of hydrogen-bond donors (Lipinski definition) is 2. The number of benzene rings is 1. The minimum absolute atomic E-state index is 0.572. The summed E-state index contributed by atoms with van der Waals surface area (Å²) in [6, 6.07) is 11.0. The van der Waals surface area contributed by atoms with Crippen molar-refractivity contribution in [3.63, 3.8) is 0 Å². The first-order valence-electron chi connectivity index (χ1n) is 9.47. The molecule has 2 N–H and O–H groups in total. The largest absolute Gasteiger partial charge is 0.494 e. The van der Waals surface area contributed by atoms with E-state index in [4.69, 9.17) is 9.72 Å². The highest BCUT2D eigenvalue weighted by Crippen LogP contribution is 2.31. The molecule has 5 nitrogen and oxygen atoms in total. The Morgan fingerprint density at radius 3 is 3.04 bits per heavy atom. The van der Waals surface area contributed by atoms with E-state index in [0.29, 0.717) is 12.0 Å². The summed E-state index contributed by atoms with van der Waals surface area (Å²) >= 11 is 0. The third kappa shape index (κ3) is 3.18. The summed E-state index contributed by atoms with van der Waals surface area (Å²) < 4.78 is 5.50. The van der Waals surface area contributed by atoms with Crippen LogP contribution >= 0.6 is 0 Å². The van der Waals surface area contributed by atoms with Gasteiger partial charge in [0.15, 0.2) is 0 Å². The van der Waals surface area contributed by atoms with E-state index >= 15 is 0 Å². The predicted molar refractivity (Wildman–Crippen MR) is 102 cm³/mol. The van der Waals surface area contributed by atoms with Gasteiger partial charge in [0.05, 0.1) is 7.11 Å². The van der Waals surface area contributed by atoms with Gasteiger partial charge in [0.1, 0.15) is 17.1 Å². The zero-order valence-electron chi connectivity index (χ0n) is 15.2. The first-order valence-corrected chi connectivity index (χ1v) is 9.47. The van der Waals surface area contributed by atoms with Crippen molar-refractivity contribution in [3.8, 4) is 5.75 Å². The lowest BCUT2D eigenvalue weighted by Crippen LogP contribution is -2.47. The van der Waals surface area contributed by atoms with Crippen molar-refractivity contribution in [3.05, 3.63) is 30.3 Å². The van der Waals surface area contributed by atoms with Crippen molar-refractivity contribution in [1.29, 1.82) is 0 Å². The average molecular weight is 340 g/mol. The van der Waals surface area contributed by atoms with Crippen molar-refractivity contribution >= 4 is 16.7 Å². The molecule has 4 rings (SSSR count). The Bertz CT molecular complexity index is 735. The third-order valence-electron chi connectivity index (χ3n) is 5.84. The number of nitrogens with zero attached hydrogens (tertiary/aromatic N) is 2. The Hall–Kier alpha value is -1.85. The van der Waals surface area contributed by atoms with Gasteiger partial charge >= 0.3 is 0 Å². The number of aromatic nitrogens is 1. The number of fused-ring (bicyclic) bond motifs is 1. The van der Waals surface area contributed by atoms with Crippen molar-refractivity contribution in [2.75, 3.05) is 31.6 Å². The first kappa shape index (κ1) is 16.6. The highest BCUT2D eigenvalue weighted by Gasteiger charge is 2.35. The maximum absolute atomic E-state index is 5.50. The Kier molecular flexibility index (Phi) is 4.77. The van der Waals surface area contributed by atoms with Gasteiger partial charge in [0.2, 0.25) is 0 Å². The lowest BCUT2D eigenvalue weighted by molar-refractivity contribution is 0.273. The molecule has 3 unspecified atom stereocenters. The SMILES string of the molecule is CCC1CNNC1C1CCCN(c2ccc3cccc(OC)c3n2)C1. The molecule has 2 aromatic rings. The zero-order chi connectivity index (χ0) is 17.2. The molecule has 0 bridgehead atoms. The van der Waals surface area contributed by atoms with Crippen molar-refractivity contribution in [1.82, 2.24) is 15.8 Å². The average Bonchev–Trinajstić information content (AvgIpc) is 3.16. The van der Waals surface area contributed by atoms with E-state index in [-0.39, 0.29) is 0 Å². The Morgan fingerprint density at radius 1 is 1.28 bits per heavy atom. The van der Waals surface area contributed by atoms with Gasteiger partial charge in [0.25, 0.3) is 0 Å². The van der Waals surface area contributed by atoms with E-state index in [1.807, 2.05) is 12.1 Å². The van der Waals surface area contributed by atoms with Gasteiger partial charge < -0.3 is 9.64 Å². The Labute approximate surface area is 149 Å². The maximum Gasteiger partial charge on any atom is 0.145 e. The summed E-state index contributed by atoms with van der Waals surface area (Å²) in [5, 5.41) is 1.13. The predicted octanol–water partition coefficient (Wildman–Crippen LogP) is 2.96. The van der Waals surface area contributed by atoms with Crippen molar-refractivity contribution < 1.29 is 4.74 Å². The molecule has 5 heteroatoms. The monoisotopic (exact) mass is 340 g/mol. The second-order valence-electron chi connectivity index (χ2n) is 7.27. The number of anilines is 1. The molecule has 0 aliphatic carbocycles. The van der Waals surface area contributed by atoms with Crippen LogP contribution in [0.2, 0.25) is 0 Å². The molecule has 2 saturated heterocycles. The second-order valence-corrected chi connectivity index (χ2v) is 7.27. The highest BCUT2D eigenvalue weighted by molar-refractivity contribution is 5.86. The fraction of sp³-hybridized carbons (Fsp3) is 0.550. The van der Waals surface area contributed by atoms with Crippen LogP contribution in [0.4, 0.5) is 5.82 Å². The van der Waals surface area contributed by atoms with Gasteiger partial charge in [0, 0.05) is 31.1 Å². The molecule has 2 aliphatic heterocycles. The van der Waals surface area contributed by atoms with Crippen LogP contribution in [0.25, 0.3) is 10.9 Å². The number of piperidine rings is 1. The summed E-state index contributed by atoms with van der Waals surface area (Å²) in [7, 11) is 1.71. The number of methoxy groups -OCH3 is 1. The second kappa shape index (κ2) is 7.18. The van der Waals surface area contributed by atoms with Crippen LogP contribution in [-0.4, -0.2) is 37.8 Å². The van der Waals surface area contributed by atoms with Crippen LogP contribution in [0.3, 0.4) is 0 Å². The molecule has 0 saturated carbocycles. The summed E-state index contributed by atoms with van der Waals surface area (Å²) in [5.74, 6) is 3.32. The van der Waals surface area contributed by atoms with Crippen LogP contribution < -0.4 is 20.5 Å². The molecule has 0 radical (unpaired) electrons. The van der Waals surface area contributed by atoms with Gasteiger partial charge in [-0.3, -0.25) is 10.9 Å². The Balaban J connectivity index is 1.58. The van der Waals surface area contributed by atoms with E-state index in [9.17, 15) is 0 Å². The Morgan fingerprint density at radius 2 is 2.20 bits per heavy atom. The summed E-state index contributed by atoms with van der Waals surface area (Å²) in [6.45, 7) is 5.54. The van der Waals surface area contributed by atoms with Gasteiger partial charge in [-0.1, -0.05) is 25.5 Å². The summed E-state index contributed by atoms with van der Waals surface area (Å²) in [4.78, 5) is 7.39. The highest BCUT2D eigenvalue weighted by atomic mass is 16.5. The van der Waals surface area contributed by atoms with Crippen LogP contribution in [0.1, 0.15) is 26.2 Å². The molecule has 1 aromatic heterocycles. The molecule has 3 heterocycles. The van der Waals surface area contributed by atoms with E-state index in [2.05, 4.69) is 40.9 Å². The smallest absolute Gasteiger partial charge is 0.145 e. The molecule has 0 spiro atoms. The molecule has 0 amide bonds. The molecule has 2 aliphatic rings. The number of rotatable bonds is 4. The molecule has 3 atom stereocenters. The normalized spacial score (nSPS) is 27.0. The quantitative estimate of drug-likeness (QED) is 0.896. The van der Waals surface area contributed by atoms with Crippen LogP contribution in [0.5, 0.6) is 5.75 Å². The molecule has 1 aromatic carbocycles. The molecule has 134 valence electrons. The maximum atomic E-state index is 5.50. The number of nitrogens with one attached hydrogen (secondary N) is 2. The van der Waals surface area contributed by atoms with E-state index in [1.165, 1.54) is 19.3 Å². The third-order valence-corrected chi connectivity index (χ3v) is 5.84. The van der Waals surface area contributed by atoms with Gasteiger partial charge in [-0.2, -0.15) is 0 Å². The lowest BCUT2D eigenvalue weighted by atomic mass is 9.83. The number of hydrogen-bond acceptors (Lipinski definition) is 5. The minimum Gasteiger partial charge on any atom is -0.494 e. The lowest BCUT2D eigenvalue weighted by Gasteiger charge is -2.38. The number of ether oxygens (including phenoxy) is 1. The van der Waals surface area contributed by atoms with Crippen molar-refractivity contribution in [2.24, 2.45) is 11.8 Å². The standard InChI is InChI=1S/C20H28N4O/c1-3-14-12-21-23-19(14)16-7-5-11-24(13-16)18-10-9-15-6-4-8-17(25-2)20(15)22-18/h4,6,8-10,14,16,19,21,23H,3,5,7,11-13H2,1-2H3. The van der Waals surface area contributed by atoms with Crippen LogP contribution in [-0.2, 0) is 0 Å². The fourth-order valence-corrected chi connectivity index (χ4v) is 4.42. The van der Waals surface area contributed by atoms with E-state index in [1.54, 1.807) is 7.11 Å². The minimum atomic E-state index is 0.572. The molecule has 25 heavy (non-hydrogen) atoms. The first-order chi connectivity index (χ1) is 12.3. The molecular formula is C20H28N4O. The van der Waals surface area contributed by atoms with Crippen LogP contribution in [0, 0.1) is 11.8 Å². The van der Waals surface area contributed by atoms with Gasteiger partial charge in [-0.25, -0.2) is 4.98 Å². The molecular weight excluding hydrogens is 312 g/mol. The van der Waals surface area contributed by atoms with Gasteiger partial charge in [-0.05, 0) is 42.9 Å². The van der Waals surface area contributed by atoms with Crippen LogP contribution in [0.15, 0.2) is 30.3 Å². The zero-order valence-corrected chi connectivity index (χ0v) is 15.2. The number of para-hydroxylation sites is 1. The fourth-order valence-electron chi connectivity index (χ4n) is 4.42. The van der Waals surface area contributed by atoms with Crippen molar-refractivity contribution in [2.45, 2.75) is 32.2 Å².